The quantitative estimate of drug-likeness (QED) is 0.794. The van der Waals surface area contributed by atoms with Gasteiger partial charge in [0.2, 0.25) is 5.91 Å². The van der Waals surface area contributed by atoms with Crippen molar-refractivity contribution < 1.29 is 9.00 Å². The molecule has 4 atom stereocenters. The lowest BCUT2D eigenvalue weighted by Gasteiger charge is -2.24. The summed E-state index contributed by atoms with van der Waals surface area (Å²) in [4.78, 5) is 14.0. The van der Waals surface area contributed by atoms with Gasteiger partial charge in [-0.3, -0.25) is 14.3 Å². The number of rotatable bonds is 4. The van der Waals surface area contributed by atoms with Gasteiger partial charge in [-0.25, -0.2) is 0 Å². The highest BCUT2D eigenvalue weighted by molar-refractivity contribution is 7.84. The van der Waals surface area contributed by atoms with Crippen LogP contribution in [0.5, 0.6) is 0 Å². The van der Waals surface area contributed by atoms with E-state index in [-0.39, 0.29) is 17.3 Å². The van der Waals surface area contributed by atoms with E-state index in [1.807, 2.05) is 27.7 Å². The lowest BCUT2D eigenvalue weighted by Crippen LogP contribution is -2.44. The van der Waals surface area contributed by atoms with Gasteiger partial charge in [-0.1, -0.05) is 6.92 Å². The largest absolute Gasteiger partial charge is 0.325 e. The highest BCUT2D eigenvalue weighted by Crippen LogP contribution is 2.23. The van der Waals surface area contributed by atoms with E-state index >= 15 is 0 Å². The van der Waals surface area contributed by atoms with Gasteiger partial charge in [0.15, 0.2) is 0 Å². The summed E-state index contributed by atoms with van der Waals surface area (Å²) >= 11 is 0. The summed E-state index contributed by atoms with van der Waals surface area (Å²) in [6, 6.07) is 0. The van der Waals surface area contributed by atoms with E-state index in [2.05, 4.69) is 5.32 Å². The van der Waals surface area contributed by atoms with E-state index < -0.39 is 16.3 Å². The summed E-state index contributed by atoms with van der Waals surface area (Å²) < 4.78 is 11.3. The number of hydrogen-bond acceptors (Lipinski definition) is 3. The minimum absolute atomic E-state index is 0.0207. The Hall–Kier alpha value is -0.420. The Morgan fingerprint density at radius 2 is 2.19 bits per heavy atom. The maximum Gasteiger partial charge on any atom is 0.243 e. The molecule has 1 aliphatic rings. The first kappa shape index (κ1) is 13.6. The van der Waals surface area contributed by atoms with Crippen LogP contribution in [-0.2, 0) is 15.6 Å². The zero-order valence-corrected chi connectivity index (χ0v) is 11.6. The molecule has 1 N–H and O–H groups in total. The van der Waals surface area contributed by atoms with E-state index in [4.69, 9.17) is 0 Å². The predicted molar refractivity (Wildman–Crippen MR) is 66.5 cm³/mol. The van der Waals surface area contributed by atoms with E-state index in [0.29, 0.717) is 6.54 Å². The molecule has 1 fully saturated rings. The molecule has 0 aromatic heterocycles. The topological polar surface area (TPSA) is 49.4 Å². The minimum Gasteiger partial charge on any atom is -0.325 e. The van der Waals surface area contributed by atoms with Crippen LogP contribution in [-0.4, -0.2) is 44.8 Å². The molecule has 0 radical (unpaired) electrons. The van der Waals surface area contributed by atoms with Gasteiger partial charge in [-0.05, 0) is 27.2 Å². The zero-order chi connectivity index (χ0) is 12.5. The highest BCUT2D eigenvalue weighted by atomic mass is 32.2. The molecule has 0 saturated carbocycles. The standard InChI is InChI=1S/C11H22N2O2S/c1-6-11(4)10(14)13(9(3)12-11)7-8(2)16(5)15/h8-9,12H,6-7H2,1-5H3. The number of carbonyl (C=O) groups is 1. The van der Waals surface area contributed by atoms with Crippen LogP contribution in [0.3, 0.4) is 0 Å². The van der Waals surface area contributed by atoms with Crippen LogP contribution in [0.2, 0.25) is 0 Å². The summed E-state index contributed by atoms with van der Waals surface area (Å²) in [5.74, 6) is 0.125. The third-order valence-corrected chi connectivity index (χ3v) is 4.74. The van der Waals surface area contributed by atoms with Gasteiger partial charge in [0.25, 0.3) is 0 Å². The van der Waals surface area contributed by atoms with E-state index in [1.54, 1.807) is 11.2 Å². The molecule has 0 spiro atoms. The summed E-state index contributed by atoms with van der Waals surface area (Å²) in [5.41, 5.74) is -0.450. The second-order valence-electron chi connectivity index (χ2n) is 4.77. The van der Waals surface area contributed by atoms with Gasteiger partial charge in [0.05, 0.1) is 11.7 Å². The average Bonchev–Trinajstić information content (AvgIpc) is 2.42. The van der Waals surface area contributed by atoms with Crippen LogP contribution in [0.4, 0.5) is 0 Å². The molecule has 5 heteroatoms. The number of nitrogens with one attached hydrogen (secondary N) is 1. The molecule has 1 saturated heterocycles. The normalized spacial score (nSPS) is 34.2. The first-order chi connectivity index (χ1) is 7.31. The number of hydrogen-bond donors (Lipinski definition) is 1. The Morgan fingerprint density at radius 1 is 1.62 bits per heavy atom. The number of nitrogens with zero attached hydrogens (tertiary/aromatic N) is 1. The van der Waals surface area contributed by atoms with Gasteiger partial charge < -0.3 is 4.90 Å². The third kappa shape index (κ3) is 2.46. The molecule has 1 amide bonds. The molecule has 0 aromatic carbocycles. The van der Waals surface area contributed by atoms with Gasteiger partial charge in [-0.2, -0.15) is 0 Å². The van der Waals surface area contributed by atoms with E-state index in [0.717, 1.165) is 6.42 Å². The fourth-order valence-electron chi connectivity index (χ4n) is 1.97. The van der Waals surface area contributed by atoms with Crippen LogP contribution in [0, 0.1) is 0 Å². The molecule has 4 unspecified atom stereocenters. The van der Waals surface area contributed by atoms with Crippen molar-refractivity contribution in [3.63, 3.8) is 0 Å². The Morgan fingerprint density at radius 3 is 2.56 bits per heavy atom. The Balaban J connectivity index is 2.76. The molecule has 0 bridgehead atoms. The first-order valence-electron chi connectivity index (χ1n) is 5.73. The molecule has 1 aliphatic heterocycles. The fraction of sp³-hybridized carbons (Fsp3) is 0.909. The van der Waals surface area contributed by atoms with E-state index in [1.165, 1.54) is 0 Å². The number of amides is 1. The lowest BCUT2D eigenvalue weighted by atomic mass is 9.99. The molecule has 94 valence electrons. The summed E-state index contributed by atoms with van der Waals surface area (Å²) in [6.07, 6.45) is 2.49. The van der Waals surface area contributed by atoms with Crippen LogP contribution >= 0.6 is 0 Å². The van der Waals surface area contributed by atoms with Crippen LogP contribution in [0.25, 0.3) is 0 Å². The van der Waals surface area contributed by atoms with Crippen molar-refractivity contribution in [2.75, 3.05) is 12.8 Å². The van der Waals surface area contributed by atoms with Crippen molar-refractivity contribution in [2.24, 2.45) is 0 Å². The van der Waals surface area contributed by atoms with Crippen LogP contribution in [0.15, 0.2) is 0 Å². The van der Waals surface area contributed by atoms with Gasteiger partial charge in [0.1, 0.15) is 0 Å². The predicted octanol–water partition coefficient (Wildman–Crippen LogP) is 0.700. The molecule has 0 aliphatic carbocycles. The Labute approximate surface area is 100 Å². The van der Waals surface area contributed by atoms with Crippen molar-refractivity contribution in [1.82, 2.24) is 10.2 Å². The van der Waals surface area contributed by atoms with Gasteiger partial charge >= 0.3 is 0 Å². The second-order valence-corrected chi connectivity index (χ2v) is 6.57. The summed E-state index contributed by atoms with van der Waals surface area (Å²) in [5, 5.41) is 3.32. The second kappa shape index (κ2) is 4.84. The lowest BCUT2D eigenvalue weighted by molar-refractivity contribution is -0.132. The molecule has 0 aromatic rings. The van der Waals surface area contributed by atoms with Crippen molar-refractivity contribution >= 4 is 16.7 Å². The Bertz CT molecular complexity index is 308. The maximum absolute atomic E-state index is 12.2. The highest BCUT2D eigenvalue weighted by Gasteiger charge is 2.45. The van der Waals surface area contributed by atoms with Gasteiger partial charge in [-0.15, -0.1) is 0 Å². The molecule has 16 heavy (non-hydrogen) atoms. The maximum atomic E-state index is 12.2. The Kier molecular flexibility index (Phi) is 4.12. The van der Waals surface area contributed by atoms with Crippen molar-refractivity contribution in [2.45, 2.75) is 51.1 Å². The van der Waals surface area contributed by atoms with E-state index in [9.17, 15) is 9.00 Å². The molecule has 4 nitrogen and oxygen atoms in total. The minimum atomic E-state index is -0.885. The number of carbonyl (C=O) groups excluding carboxylic acids is 1. The zero-order valence-electron chi connectivity index (χ0n) is 10.7. The SMILES string of the molecule is CCC1(C)NC(C)N(CC(C)S(C)=O)C1=O. The summed E-state index contributed by atoms with van der Waals surface area (Å²) in [7, 11) is -0.885. The fourth-order valence-corrected chi connectivity index (χ4v) is 2.34. The molecular weight excluding hydrogens is 224 g/mol. The van der Waals surface area contributed by atoms with Crippen LogP contribution < -0.4 is 5.32 Å². The first-order valence-corrected chi connectivity index (χ1v) is 7.35. The third-order valence-electron chi connectivity index (χ3n) is 3.46. The summed E-state index contributed by atoms with van der Waals surface area (Å²) in [6.45, 7) is 8.38. The van der Waals surface area contributed by atoms with Crippen molar-refractivity contribution in [3.8, 4) is 0 Å². The molecule has 1 rings (SSSR count). The smallest absolute Gasteiger partial charge is 0.243 e. The monoisotopic (exact) mass is 246 g/mol. The molecular formula is C11H22N2O2S. The average molecular weight is 246 g/mol. The molecule has 1 heterocycles. The van der Waals surface area contributed by atoms with Crippen LogP contribution in [0.1, 0.15) is 34.1 Å². The van der Waals surface area contributed by atoms with Gasteiger partial charge in [0, 0.05) is 28.9 Å². The van der Waals surface area contributed by atoms with Crippen molar-refractivity contribution in [1.29, 1.82) is 0 Å². The van der Waals surface area contributed by atoms with Crippen molar-refractivity contribution in [3.05, 3.63) is 0 Å².